The third kappa shape index (κ3) is 5.16. The van der Waals surface area contributed by atoms with Crippen molar-refractivity contribution < 1.29 is 65.9 Å². The Hall–Kier alpha value is -6.66. The van der Waals surface area contributed by atoms with Crippen LogP contribution in [-0.4, -0.2) is 19.9 Å². The van der Waals surface area contributed by atoms with Crippen LogP contribution in [-0.2, 0) is 0 Å². The monoisotopic (exact) mass is 796 g/mol. The quantitative estimate of drug-likeness (QED) is 0.0931. The molecule has 7 aromatic rings. The normalized spacial score (nSPS) is 12.1. The summed E-state index contributed by atoms with van der Waals surface area (Å²) in [5.74, 6) is -40.8. The Kier molecular flexibility index (Phi) is 8.24. The van der Waals surface area contributed by atoms with Crippen LogP contribution in [0.2, 0.25) is 0 Å². The highest BCUT2D eigenvalue weighted by Crippen LogP contribution is 2.50. The van der Waals surface area contributed by atoms with E-state index in [1.807, 2.05) is 0 Å². The van der Waals surface area contributed by atoms with Gasteiger partial charge in [-0.15, -0.1) is 0 Å². The summed E-state index contributed by atoms with van der Waals surface area (Å²) in [5.41, 5.74) is -14.4. The summed E-state index contributed by atoms with van der Waals surface area (Å²) in [6, 6.07) is 7.72. The van der Waals surface area contributed by atoms with Crippen molar-refractivity contribution in [2.24, 2.45) is 0 Å². The van der Waals surface area contributed by atoms with Crippen LogP contribution in [0.5, 0.6) is 0 Å². The molecule has 8 bridgehead atoms. The Morgan fingerprint density at radius 2 is 0.696 bits per heavy atom. The molecule has 56 heavy (non-hydrogen) atoms. The average Bonchev–Trinajstić information content (AvgIpc) is 4.00. The molecule has 1 aliphatic heterocycles. The Morgan fingerprint density at radius 1 is 0.321 bits per heavy atom. The van der Waals surface area contributed by atoms with Gasteiger partial charge < -0.3 is 15.0 Å². The molecule has 0 saturated heterocycles. The number of aromatic nitrogens is 4. The third-order valence-corrected chi connectivity index (χ3v) is 8.87. The minimum Gasteiger partial charge on any atom is -0.355 e. The highest BCUT2D eigenvalue weighted by molar-refractivity contribution is 6.12. The van der Waals surface area contributed by atoms with Crippen molar-refractivity contribution in [3.63, 3.8) is 0 Å². The van der Waals surface area contributed by atoms with E-state index >= 15 is 35.1 Å². The van der Waals surface area contributed by atoms with Crippen LogP contribution in [0.4, 0.5) is 65.9 Å². The fourth-order valence-corrected chi connectivity index (χ4v) is 6.41. The van der Waals surface area contributed by atoms with Gasteiger partial charge in [-0.3, -0.25) is 0 Å². The van der Waals surface area contributed by atoms with E-state index in [1.54, 1.807) is 0 Å². The molecule has 0 radical (unpaired) electrons. The van der Waals surface area contributed by atoms with Crippen LogP contribution in [0.15, 0.2) is 36.4 Å². The van der Waals surface area contributed by atoms with Crippen LogP contribution in [0.1, 0.15) is 11.4 Å². The molecule has 1 aliphatic rings. The molecule has 0 aliphatic carbocycles. The summed E-state index contributed by atoms with van der Waals surface area (Å²) in [6.45, 7) is 0. The second-order valence-electron chi connectivity index (χ2n) is 12.1. The van der Waals surface area contributed by atoms with E-state index in [0.29, 0.717) is 11.0 Å². The number of H-pyrrole nitrogens is 3. The Balaban J connectivity index is 1.79. The van der Waals surface area contributed by atoms with Crippen LogP contribution < -0.4 is 0 Å². The van der Waals surface area contributed by atoms with Crippen molar-refractivity contribution in [1.82, 2.24) is 19.9 Å². The second-order valence-corrected chi connectivity index (χ2v) is 12.1. The molecule has 8 rings (SSSR count). The molecule has 4 nitrogen and oxygen atoms in total. The first kappa shape index (κ1) is 36.3. The zero-order chi connectivity index (χ0) is 40.2. The molecule has 4 aromatic heterocycles. The van der Waals surface area contributed by atoms with Crippen LogP contribution in [0, 0.1) is 87.3 Å². The van der Waals surface area contributed by atoms with Crippen LogP contribution in [0.3, 0.4) is 0 Å². The van der Waals surface area contributed by atoms with Crippen molar-refractivity contribution >= 4 is 45.3 Å². The highest BCUT2D eigenvalue weighted by Gasteiger charge is 2.37. The lowest BCUT2D eigenvalue weighted by Gasteiger charge is -2.15. The molecule has 284 valence electrons. The summed E-state index contributed by atoms with van der Waals surface area (Å²) < 4.78 is 228. The highest BCUT2D eigenvalue weighted by atomic mass is 19.2. The van der Waals surface area contributed by atoms with Gasteiger partial charge in [-0.05, 0) is 48.6 Å². The predicted octanol–water partition coefficient (Wildman–Crippen LogP) is 11.8. The first-order chi connectivity index (χ1) is 26.5. The number of rotatable bonds is 3. The standard InChI is InChI=1S/C37H11F15N4/c38-21-18(22(39)28(45)33(50)27(21)44)15-13-5-3-11(54-13)7-9-1-2-10(53-9)8-12-4-6-14(55-12)36-16(19-23(40)29(46)34(51)30(47)24(19)41)17(37(15)56-36)20-25(42)31(48)35(52)32(49)26(20)43/h1-8,53-54,56H. The van der Waals surface area contributed by atoms with E-state index in [4.69, 9.17) is 0 Å². The SMILES string of the molecule is Fc1c(F)c(F)c(-c2c(-c3c(F)c(F)c(F)c(F)c3F)c3[nH]c2c2nc(cc4ccc(cc5ccc([nH]5)c3-c3c(F)c(F)c(F)c(F)c3F)[nH]4)C=C2)c(F)c1F. The molecule has 0 amide bonds. The largest absolute Gasteiger partial charge is 0.355 e. The number of aromatic amines is 3. The fraction of sp³-hybridized carbons (Fsp3) is 0. The van der Waals surface area contributed by atoms with Crippen molar-refractivity contribution in [2.45, 2.75) is 0 Å². The number of hydrogen-bond acceptors (Lipinski definition) is 1. The van der Waals surface area contributed by atoms with E-state index in [9.17, 15) is 30.7 Å². The predicted molar refractivity (Wildman–Crippen MR) is 171 cm³/mol. The average molecular weight is 796 g/mol. The summed E-state index contributed by atoms with van der Waals surface area (Å²) in [5, 5.41) is 0. The van der Waals surface area contributed by atoms with Gasteiger partial charge in [0.15, 0.2) is 69.8 Å². The first-order valence-corrected chi connectivity index (χ1v) is 15.4. The first-order valence-electron chi connectivity index (χ1n) is 15.4. The van der Waals surface area contributed by atoms with Gasteiger partial charge in [0.2, 0.25) is 17.5 Å². The minimum atomic E-state index is -2.82. The van der Waals surface area contributed by atoms with Gasteiger partial charge in [0.25, 0.3) is 0 Å². The molecule has 0 spiro atoms. The third-order valence-electron chi connectivity index (χ3n) is 8.87. The van der Waals surface area contributed by atoms with Crippen molar-refractivity contribution in [1.29, 1.82) is 0 Å². The van der Waals surface area contributed by atoms with Gasteiger partial charge in [-0.2, -0.15) is 0 Å². The van der Waals surface area contributed by atoms with E-state index in [0.717, 1.165) is 18.2 Å². The lowest BCUT2D eigenvalue weighted by molar-refractivity contribution is 0.380. The lowest BCUT2D eigenvalue weighted by atomic mass is 9.91. The fourth-order valence-electron chi connectivity index (χ4n) is 6.41. The maximum absolute atomic E-state index is 16.0. The van der Waals surface area contributed by atoms with Gasteiger partial charge >= 0.3 is 0 Å². The lowest BCUT2D eigenvalue weighted by Crippen LogP contribution is -2.07. The van der Waals surface area contributed by atoms with Gasteiger partial charge in [0, 0.05) is 38.8 Å². The van der Waals surface area contributed by atoms with E-state index < -0.39 is 143 Å². The number of nitrogens with one attached hydrogen (secondary N) is 3. The maximum atomic E-state index is 16.0. The number of halogens is 15. The molecule has 0 unspecified atom stereocenters. The Bertz CT molecular complexity index is 2960. The number of nitrogens with zero attached hydrogens (tertiary/aromatic N) is 1. The zero-order valence-electron chi connectivity index (χ0n) is 26.7. The number of hydrogen-bond donors (Lipinski definition) is 3. The van der Waals surface area contributed by atoms with Crippen LogP contribution >= 0.6 is 0 Å². The van der Waals surface area contributed by atoms with E-state index in [-0.39, 0.29) is 11.2 Å². The molecular formula is C37H11F15N4. The summed E-state index contributed by atoms with van der Waals surface area (Å²) in [7, 11) is 0. The molecule has 3 aromatic carbocycles. The summed E-state index contributed by atoms with van der Waals surface area (Å²) >= 11 is 0. The van der Waals surface area contributed by atoms with Crippen molar-refractivity contribution in [3.05, 3.63) is 135 Å². The molecule has 5 heterocycles. The Labute approximate surface area is 299 Å². The van der Waals surface area contributed by atoms with Crippen molar-refractivity contribution in [3.8, 4) is 33.4 Å². The van der Waals surface area contributed by atoms with Crippen LogP contribution in [0.25, 0.3) is 78.6 Å². The summed E-state index contributed by atoms with van der Waals surface area (Å²) in [6.07, 6.45) is 2.16. The topological polar surface area (TPSA) is 60.3 Å². The molecule has 0 atom stereocenters. The molecule has 0 saturated carbocycles. The zero-order valence-corrected chi connectivity index (χ0v) is 26.7. The number of fused-ring (bicyclic) bond motifs is 9. The van der Waals surface area contributed by atoms with Crippen molar-refractivity contribution in [2.75, 3.05) is 0 Å². The molecule has 0 fully saturated rings. The van der Waals surface area contributed by atoms with Gasteiger partial charge in [0.05, 0.1) is 39.1 Å². The van der Waals surface area contributed by atoms with Gasteiger partial charge in [-0.25, -0.2) is 70.8 Å². The maximum Gasteiger partial charge on any atom is 0.200 e. The number of benzene rings is 3. The van der Waals surface area contributed by atoms with E-state index in [1.165, 1.54) is 30.3 Å². The minimum absolute atomic E-state index is 0.0395. The molecule has 19 heteroatoms. The molecular weight excluding hydrogens is 785 g/mol. The molecule has 3 N–H and O–H groups in total. The Morgan fingerprint density at radius 3 is 1.18 bits per heavy atom. The second kappa shape index (κ2) is 12.7. The van der Waals surface area contributed by atoms with E-state index in [2.05, 4.69) is 19.9 Å². The smallest absolute Gasteiger partial charge is 0.200 e. The van der Waals surface area contributed by atoms with Gasteiger partial charge in [-0.1, -0.05) is 0 Å². The van der Waals surface area contributed by atoms with Gasteiger partial charge in [0.1, 0.15) is 0 Å². The summed E-state index contributed by atoms with van der Waals surface area (Å²) in [4.78, 5) is 11.9.